The molecule has 4 nitrogen and oxygen atoms in total. The molecule has 1 heterocycles. The highest BCUT2D eigenvalue weighted by atomic mass is 16.2. The van der Waals surface area contributed by atoms with E-state index < -0.39 is 5.41 Å². The molecule has 0 bridgehead atoms. The summed E-state index contributed by atoms with van der Waals surface area (Å²) in [5.74, 6) is 1.48. The maximum absolute atomic E-state index is 13.6. The van der Waals surface area contributed by atoms with Crippen LogP contribution in [-0.4, -0.2) is 15.9 Å². The number of carbonyl (C=O) groups excluding carboxylic acids is 1. The molecule has 0 saturated heterocycles. The number of hydrogen-bond donors (Lipinski definition) is 1. The average Bonchev–Trinajstić information content (AvgIpc) is 2.66. The topological polar surface area (TPSA) is 54.9 Å². The Hall–Kier alpha value is -1.97. The number of aryl methyl sites for hydroxylation is 2. The molecule has 4 rings (SSSR count). The summed E-state index contributed by atoms with van der Waals surface area (Å²) in [5.41, 5.74) is 3.39. The SMILES string of the molecule is C=CC1(C)CCC2C(=CCC3C(C)(C(=O)Nc4nc(C)cc(C)n4)CCCC23C)C1. The van der Waals surface area contributed by atoms with Gasteiger partial charge in [0.2, 0.25) is 11.9 Å². The van der Waals surface area contributed by atoms with E-state index in [1.807, 2.05) is 19.9 Å². The molecule has 5 atom stereocenters. The third-order valence-electron chi connectivity index (χ3n) is 8.67. The quantitative estimate of drug-likeness (QED) is 0.610. The Kier molecular flexibility index (Phi) is 5.19. The van der Waals surface area contributed by atoms with E-state index in [4.69, 9.17) is 0 Å². The summed E-state index contributed by atoms with van der Waals surface area (Å²) in [6.45, 7) is 15.0. The Morgan fingerprint density at radius 2 is 1.87 bits per heavy atom. The number of nitrogens with one attached hydrogen (secondary N) is 1. The highest BCUT2D eigenvalue weighted by Crippen LogP contribution is 2.63. The molecule has 1 amide bonds. The Labute approximate surface area is 181 Å². The maximum Gasteiger partial charge on any atom is 0.232 e. The van der Waals surface area contributed by atoms with Gasteiger partial charge in [0.15, 0.2) is 0 Å². The molecular formula is C26H37N3O. The van der Waals surface area contributed by atoms with Crippen molar-refractivity contribution in [1.29, 1.82) is 0 Å². The van der Waals surface area contributed by atoms with Crippen molar-refractivity contribution in [3.05, 3.63) is 41.8 Å². The molecule has 1 aromatic rings. The van der Waals surface area contributed by atoms with E-state index in [-0.39, 0.29) is 16.7 Å². The van der Waals surface area contributed by atoms with Crippen LogP contribution in [0.15, 0.2) is 30.4 Å². The average molecular weight is 408 g/mol. The minimum atomic E-state index is -0.394. The summed E-state index contributed by atoms with van der Waals surface area (Å²) in [5, 5.41) is 3.08. The number of rotatable bonds is 3. The first-order valence-corrected chi connectivity index (χ1v) is 11.6. The third kappa shape index (κ3) is 3.42. The molecule has 2 fully saturated rings. The zero-order valence-electron chi connectivity index (χ0n) is 19.3. The number of nitrogens with zero attached hydrogens (tertiary/aromatic N) is 2. The fourth-order valence-corrected chi connectivity index (χ4v) is 6.91. The lowest BCUT2D eigenvalue weighted by Gasteiger charge is -2.59. The highest BCUT2D eigenvalue weighted by Gasteiger charge is 2.57. The molecule has 30 heavy (non-hydrogen) atoms. The van der Waals surface area contributed by atoms with Crippen molar-refractivity contribution in [2.75, 3.05) is 5.32 Å². The lowest BCUT2D eigenvalue weighted by atomic mass is 9.45. The van der Waals surface area contributed by atoms with Crippen molar-refractivity contribution < 1.29 is 4.79 Å². The monoisotopic (exact) mass is 407 g/mol. The summed E-state index contributed by atoms with van der Waals surface area (Å²) in [6, 6.07) is 1.93. The maximum atomic E-state index is 13.6. The predicted octanol–water partition coefficient (Wildman–Crippen LogP) is 6.17. The number of hydrogen-bond acceptors (Lipinski definition) is 3. The lowest BCUT2D eigenvalue weighted by molar-refractivity contribution is -0.139. The van der Waals surface area contributed by atoms with E-state index in [2.05, 4.69) is 54.8 Å². The van der Waals surface area contributed by atoms with Crippen LogP contribution in [0.25, 0.3) is 0 Å². The molecule has 1 N–H and O–H groups in total. The van der Waals surface area contributed by atoms with Crippen molar-refractivity contribution in [2.24, 2.45) is 28.1 Å². The van der Waals surface area contributed by atoms with Gasteiger partial charge in [-0.3, -0.25) is 10.1 Å². The largest absolute Gasteiger partial charge is 0.294 e. The molecule has 2 saturated carbocycles. The van der Waals surface area contributed by atoms with Crippen molar-refractivity contribution in [3.63, 3.8) is 0 Å². The molecule has 1 aromatic heterocycles. The Morgan fingerprint density at radius 3 is 2.53 bits per heavy atom. The zero-order valence-corrected chi connectivity index (χ0v) is 19.3. The van der Waals surface area contributed by atoms with E-state index >= 15 is 0 Å². The van der Waals surface area contributed by atoms with Gasteiger partial charge in [-0.1, -0.05) is 44.9 Å². The molecule has 0 aliphatic heterocycles. The van der Waals surface area contributed by atoms with Gasteiger partial charge in [0, 0.05) is 11.4 Å². The van der Waals surface area contributed by atoms with Gasteiger partial charge in [-0.05, 0) is 81.1 Å². The van der Waals surface area contributed by atoms with Crippen LogP contribution in [0.4, 0.5) is 5.95 Å². The number of carbonyl (C=O) groups is 1. The van der Waals surface area contributed by atoms with Crippen LogP contribution in [0.5, 0.6) is 0 Å². The number of aromatic nitrogens is 2. The smallest absolute Gasteiger partial charge is 0.232 e. The molecule has 5 unspecified atom stereocenters. The van der Waals surface area contributed by atoms with Crippen LogP contribution in [0.2, 0.25) is 0 Å². The predicted molar refractivity (Wildman–Crippen MR) is 122 cm³/mol. The van der Waals surface area contributed by atoms with Gasteiger partial charge in [0.1, 0.15) is 0 Å². The molecular weight excluding hydrogens is 370 g/mol. The van der Waals surface area contributed by atoms with Crippen molar-refractivity contribution in [3.8, 4) is 0 Å². The molecule has 3 aliphatic carbocycles. The van der Waals surface area contributed by atoms with Gasteiger partial charge in [0.05, 0.1) is 5.41 Å². The first-order valence-electron chi connectivity index (χ1n) is 11.6. The van der Waals surface area contributed by atoms with Gasteiger partial charge < -0.3 is 0 Å². The minimum absolute atomic E-state index is 0.0898. The van der Waals surface area contributed by atoms with Gasteiger partial charge in [-0.25, -0.2) is 9.97 Å². The van der Waals surface area contributed by atoms with Crippen molar-refractivity contribution in [2.45, 2.75) is 79.6 Å². The van der Waals surface area contributed by atoms with E-state index in [1.165, 1.54) is 19.3 Å². The first-order chi connectivity index (χ1) is 14.1. The van der Waals surface area contributed by atoms with Crippen LogP contribution < -0.4 is 5.32 Å². The van der Waals surface area contributed by atoms with E-state index in [9.17, 15) is 4.79 Å². The van der Waals surface area contributed by atoms with Crippen LogP contribution in [0.1, 0.15) is 77.1 Å². The Bertz CT molecular complexity index is 885. The standard InChI is InChI=1S/C26H37N3O/c1-7-24(4)14-11-20-19(16-24)9-10-21-25(20,5)12-8-13-26(21,6)22(30)29-23-27-17(2)15-18(3)28-23/h7,9,15,20-21H,1,8,10-14,16H2,2-6H3,(H,27,28,29,30). The van der Waals surface area contributed by atoms with Crippen LogP contribution in [-0.2, 0) is 4.79 Å². The highest BCUT2D eigenvalue weighted by molar-refractivity contribution is 5.94. The van der Waals surface area contributed by atoms with E-state index in [0.29, 0.717) is 17.8 Å². The second kappa shape index (κ2) is 7.32. The third-order valence-corrected chi connectivity index (χ3v) is 8.67. The van der Waals surface area contributed by atoms with Crippen LogP contribution in [0, 0.1) is 41.9 Å². The summed E-state index contributed by atoms with van der Waals surface area (Å²) in [6.07, 6.45) is 12.4. The van der Waals surface area contributed by atoms with E-state index in [0.717, 1.165) is 37.1 Å². The zero-order chi connectivity index (χ0) is 21.7. The number of amides is 1. The second-order valence-electron chi connectivity index (χ2n) is 10.9. The molecule has 4 heteroatoms. The first kappa shape index (κ1) is 21.3. The summed E-state index contributed by atoms with van der Waals surface area (Å²) in [7, 11) is 0. The van der Waals surface area contributed by atoms with E-state index in [1.54, 1.807) is 5.57 Å². The Morgan fingerprint density at radius 1 is 1.17 bits per heavy atom. The fourth-order valence-electron chi connectivity index (χ4n) is 6.91. The summed E-state index contributed by atoms with van der Waals surface area (Å²) >= 11 is 0. The normalized spacial score (nSPS) is 38.1. The summed E-state index contributed by atoms with van der Waals surface area (Å²) in [4.78, 5) is 22.5. The lowest BCUT2D eigenvalue weighted by Crippen LogP contribution is -2.55. The second-order valence-corrected chi connectivity index (χ2v) is 10.9. The molecule has 0 spiro atoms. The van der Waals surface area contributed by atoms with Gasteiger partial charge >= 0.3 is 0 Å². The van der Waals surface area contributed by atoms with Crippen LogP contribution >= 0.6 is 0 Å². The minimum Gasteiger partial charge on any atom is -0.294 e. The molecule has 162 valence electrons. The number of anilines is 1. The van der Waals surface area contributed by atoms with Gasteiger partial charge in [-0.15, -0.1) is 6.58 Å². The Balaban J connectivity index is 1.63. The van der Waals surface area contributed by atoms with Crippen molar-refractivity contribution >= 4 is 11.9 Å². The van der Waals surface area contributed by atoms with Crippen LogP contribution in [0.3, 0.4) is 0 Å². The van der Waals surface area contributed by atoms with Gasteiger partial charge in [0.25, 0.3) is 0 Å². The van der Waals surface area contributed by atoms with Gasteiger partial charge in [-0.2, -0.15) is 0 Å². The molecule has 0 aromatic carbocycles. The summed E-state index contributed by atoms with van der Waals surface area (Å²) < 4.78 is 0. The number of fused-ring (bicyclic) bond motifs is 3. The molecule has 0 radical (unpaired) electrons. The fraction of sp³-hybridized carbons (Fsp3) is 0.654. The number of allylic oxidation sites excluding steroid dienone is 3. The van der Waals surface area contributed by atoms with Crippen molar-refractivity contribution in [1.82, 2.24) is 9.97 Å². The molecule has 3 aliphatic rings.